The SMILES string of the molecule is COC(=O)c1csc2c(C(F)(F)F)cc(N3CCC(OC(=O)CCC4CC4)CC3)nc12. The molecule has 0 aromatic carbocycles. The normalized spacial score (nSPS) is 17.7. The van der Waals surface area contributed by atoms with E-state index in [-0.39, 0.29) is 33.7 Å². The highest BCUT2D eigenvalue weighted by Crippen LogP contribution is 2.40. The van der Waals surface area contributed by atoms with E-state index in [1.54, 1.807) is 4.90 Å². The van der Waals surface area contributed by atoms with Gasteiger partial charge in [-0.2, -0.15) is 13.2 Å². The number of anilines is 1. The van der Waals surface area contributed by atoms with Crippen molar-refractivity contribution >= 4 is 39.3 Å². The van der Waals surface area contributed by atoms with E-state index >= 15 is 0 Å². The number of hydrogen-bond donors (Lipinski definition) is 0. The van der Waals surface area contributed by atoms with E-state index in [2.05, 4.69) is 9.72 Å². The first-order valence-corrected chi connectivity index (χ1v) is 11.2. The van der Waals surface area contributed by atoms with Crippen LogP contribution in [0.4, 0.5) is 19.0 Å². The molecule has 168 valence electrons. The molecule has 2 aromatic rings. The van der Waals surface area contributed by atoms with Crippen molar-refractivity contribution in [2.24, 2.45) is 5.92 Å². The number of hydrogen-bond acceptors (Lipinski definition) is 7. The zero-order valence-corrected chi connectivity index (χ0v) is 17.9. The summed E-state index contributed by atoms with van der Waals surface area (Å²) in [5.74, 6) is -0.113. The number of thiophene rings is 1. The van der Waals surface area contributed by atoms with Gasteiger partial charge in [0.2, 0.25) is 0 Å². The fourth-order valence-electron chi connectivity index (χ4n) is 3.80. The van der Waals surface area contributed by atoms with E-state index in [0.29, 0.717) is 38.3 Å². The number of fused-ring (bicyclic) bond motifs is 1. The molecule has 0 unspecified atom stereocenters. The minimum absolute atomic E-state index is 0.00435. The Bertz CT molecular complexity index is 979. The summed E-state index contributed by atoms with van der Waals surface area (Å²) >= 11 is 0.825. The molecule has 10 heteroatoms. The summed E-state index contributed by atoms with van der Waals surface area (Å²) in [6.45, 7) is 0.822. The van der Waals surface area contributed by atoms with Gasteiger partial charge in [0, 0.05) is 37.7 Å². The van der Waals surface area contributed by atoms with Gasteiger partial charge in [-0.15, -0.1) is 11.3 Å². The Morgan fingerprint density at radius 3 is 2.55 bits per heavy atom. The lowest BCUT2D eigenvalue weighted by Gasteiger charge is -2.33. The summed E-state index contributed by atoms with van der Waals surface area (Å²) in [4.78, 5) is 30.1. The molecule has 2 fully saturated rings. The molecule has 1 aliphatic carbocycles. The zero-order chi connectivity index (χ0) is 22.2. The van der Waals surface area contributed by atoms with Gasteiger partial charge in [-0.1, -0.05) is 12.8 Å². The molecule has 6 nitrogen and oxygen atoms in total. The molecule has 0 N–H and O–H groups in total. The Kier molecular flexibility index (Phi) is 6.09. The van der Waals surface area contributed by atoms with Crippen LogP contribution in [-0.2, 0) is 20.4 Å². The van der Waals surface area contributed by atoms with Gasteiger partial charge < -0.3 is 14.4 Å². The van der Waals surface area contributed by atoms with Crippen molar-refractivity contribution in [3.8, 4) is 0 Å². The van der Waals surface area contributed by atoms with E-state index < -0.39 is 17.7 Å². The molecule has 2 aliphatic rings. The third kappa shape index (κ3) is 4.94. The van der Waals surface area contributed by atoms with Crippen LogP contribution in [0.25, 0.3) is 10.2 Å². The van der Waals surface area contributed by atoms with Crippen molar-refractivity contribution in [3.63, 3.8) is 0 Å². The molecule has 1 aliphatic heterocycles. The predicted octanol–water partition coefficient (Wildman–Crippen LogP) is 4.80. The third-order valence-corrected chi connectivity index (χ3v) is 6.74. The van der Waals surface area contributed by atoms with Gasteiger partial charge in [-0.3, -0.25) is 4.79 Å². The number of carbonyl (C=O) groups is 2. The van der Waals surface area contributed by atoms with Crippen LogP contribution < -0.4 is 4.90 Å². The highest BCUT2D eigenvalue weighted by Gasteiger charge is 2.36. The number of esters is 2. The molecular formula is C21H23F3N2O4S. The molecule has 31 heavy (non-hydrogen) atoms. The van der Waals surface area contributed by atoms with Gasteiger partial charge in [-0.05, 0) is 18.4 Å². The van der Waals surface area contributed by atoms with Gasteiger partial charge in [-0.25, -0.2) is 9.78 Å². The monoisotopic (exact) mass is 456 g/mol. The first kappa shape index (κ1) is 21.9. The maximum atomic E-state index is 13.7. The van der Waals surface area contributed by atoms with Crippen molar-refractivity contribution in [2.75, 3.05) is 25.1 Å². The van der Waals surface area contributed by atoms with Crippen LogP contribution in [0.1, 0.15) is 54.4 Å². The topological polar surface area (TPSA) is 68.7 Å². The van der Waals surface area contributed by atoms with Crippen LogP contribution in [-0.4, -0.2) is 43.2 Å². The third-order valence-electron chi connectivity index (χ3n) is 5.74. The lowest BCUT2D eigenvalue weighted by molar-refractivity contribution is -0.150. The molecule has 1 saturated carbocycles. The van der Waals surface area contributed by atoms with Crippen molar-refractivity contribution in [1.29, 1.82) is 0 Å². The van der Waals surface area contributed by atoms with Crippen molar-refractivity contribution in [2.45, 2.75) is 50.8 Å². The number of ether oxygens (including phenoxy) is 2. The summed E-state index contributed by atoms with van der Waals surface area (Å²) in [5, 5.41) is 1.34. The van der Waals surface area contributed by atoms with Crippen LogP contribution in [0.15, 0.2) is 11.4 Å². The molecule has 0 spiro atoms. The van der Waals surface area contributed by atoms with Crippen molar-refractivity contribution < 1.29 is 32.2 Å². The average Bonchev–Trinajstić information content (AvgIpc) is 3.48. The standard InChI is InChI=1S/C21H23F3N2O4S/c1-29-20(28)14-11-31-19-15(21(22,23)24)10-16(25-18(14)19)26-8-6-13(7-9-26)30-17(27)5-4-12-2-3-12/h10-13H,2-9H2,1H3. The number of aromatic nitrogens is 1. The van der Waals surface area contributed by atoms with Crippen molar-refractivity contribution in [1.82, 2.24) is 4.98 Å². The van der Waals surface area contributed by atoms with Gasteiger partial charge in [0.1, 0.15) is 11.9 Å². The van der Waals surface area contributed by atoms with Crippen LogP contribution in [0, 0.1) is 5.92 Å². The molecule has 0 amide bonds. The highest BCUT2D eigenvalue weighted by molar-refractivity contribution is 7.17. The van der Waals surface area contributed by atoms with Crippen LogP contribution in [0.3, 0.4) is 0 Å². The summed E-state index contributed by atoms with van der Waals surface area (Å²) in [7, 11) is 1.18. The molecule has 0 radical (unpaired) electrons. The number of rotatable bonds is 6. The van der Waals surface area contributed by atoms with Gasteiger partial charge in [0.15, 0.2) is 0 Å². The zero-order valence-electron chi connectivity index (χ0n) is 17.0. The number of pyridine rings is 1. The second kappa shape index (κ2) is 8.64. The lowest BCUT2D eigenvalue weighted by atomic mass is 10.1. The average molecular weight is 456 g/mol. The lowest BCUT2D eigenvalue weighted by Crippen LogP contribution is -2.38. The quantitative estimate of drug-likeness (QED) is 0.582. The Hall–Kier alpha value is -2.36. The van der Waals surface area contributed by atoms with E-state index in [1.165, 1.54) is 25.3 Å². The second-order valence-electron chi connectivity index (χ2n) is 8.00. The predicted molar refractivity (Wildman–Crippen MR) is 109 cm³/mol. The smallest absolute Gasteiger partial charge is 0.417 e. The maximum Gasteiger partial charge on any atom is 0.417 e. The second-order valence-corrected chi connectivity index (χ2v) is 8.88. The summed E-state index contributed by atoms with van der Waals surface area (Å²) in [6, 6.07) is 1.03. The maximum absolute atomic E-state index is 13.7. The number of alkyl halides is 3. The summed E-state index contributed by atoms with van der Waals surface area (Å²) in [5.41, 5.74) is -0.800. The molecule has 4 rings (SSSR count). The molecule has 1 saturated heterocycles. The molecule has 3 heterocycles. The van der Waals surface area contributed by atoms with E-state index in [4.69, 9.17) is 4.74 Å². The summed E-state index contributed by atoms with van der Waals surface area (Å²) in [6.07, 6.45) is -0.120. The summed E-state index contributed by atoms with van der Waals surface area (Å²) < 4.78 is 51.2. The van der Waals surface area contributed by atoms with Gasteiger partial charge in [0.25, 0.3) is 0 Å². The molecule has 0 bridgehead atoms. The number of methoxy groups -OCH3 is 1. The fraction of sp³-hybridized carbons (Fsp3) is 0.571. The minimum Gasteiger partial charge on any atom is -0.465 e. The number of nitrogens with zero attached hydrogens (tertiary/aromatic N) is 2. The minimum atomic E-state index is -4.58. The Morgan fingerprint density at radius 2 is 1.94 bits per heavy atom. The van der Waals surface area contributed by atoms with E-state index in [9.17, 15) is 22.8 Å². The Balaban J connectivity index is 1.50. The first-order valence-electron chi connectivity index (χ1n) is 10.3. The first-order chi connectivity index (χ1) is 14.8. The number of halogens is 3. The largest absolute Gasteiger partial charge is 0.465 e. The van der Waals surface area contributed by atoms with E-state index in [1.807, 2.05) is 0 Å². The van der Waals surface area contributed by atoms with Crippen molar-refractivity contribution in [3.05, 3.63) is 22.6 Å². The van der Waals surface area contributed by atoms with Crippen LogP contribution >= 0.6 is 11.3 Å². The molecule has 0 atom stereocenters. The van der Waals surface area contributed by atoms with Crippen LogP contribution in [0.2, 0.25) is 0 Å². The fourth-order valence-corrected chi connectivity index (χ4v) is 4.81. The Labute approximate surface area is 181 Å². The molecule has 2 aromatic heterocycles. The number of carbonyl (C=O) groups excluding carboxylic acids is 2. The number of piperidine rings is 1. The Morgan fingerprint density at radius 1 is 1.23 bits per heavy atom. The highest BCUT2D eigenvalue weighted by atomic mass is 32.1. The van der Waals surface area contributed by atoms with Crippen LogP contribution in [0.5, 0.6) is 0 Å². The van der Waals surface area contributed by atoms with Gasteiger partial charge >= 0.3 is 18.1 Å². The molecular weight excluding hydrogens is 433 g/mol. The van der Waals surface area contributed by atoms with Gasteiger partial charge in [0.05, 0.1) is 28.5 Å². The van der Waals surface area contributed by atoms with E-state index in [0.717, 1.165) is 23.8 Å².